The molecule has 2 rings (SSSR count). The molecule has 1 N–H and O–H groups in total. The van der Waals surface area contributed by atoms with Gasteiger partial charge in [0.05, 0.1) is 10.0 Å². The largest absolute Gasteiger partial charge is 0.322 e. The minimum atomic E-state index is -0.699. The molecule has 2 aromatic rings. The third kappa shape index (κ3) is 3.58. The van der Waals surface area contributed by atoms with Crippen LogP contribution in [0.15, 0.2) is 36.4 Å². The van der Waals surface area contributed by atoms with Crippen LogP contribution in [0.5, 0.6) is 0 Å². The third-order valence-corrected chi connectivity index (χ3v) is 3.55. The molecule has 1 amide bonds. The zero-order valence-corrected chi connectivity index (χ0v) is 13.1. The molecule has 0 aliphatic rings. The van der Waals surface area contributed by atoms with Crippen molar-refractivity contribution in [3.63, 3.8) is 0 Å². The van der Waals surface area contributed by atoms with Gasteiger partial charge in [-0.15, -0.1) is 0 Å². The van der Waals surface area contributed by atoms with Crippen LogP contribution >= 0.6 is 45.8 Å². The molecule has 0 spiro atoms. The van der Waals surface area contributed by atoms with Gasteiger partial charge in [-0.25, -0.2) is 4.39 Å². The third-order valence-electron chi connectivity index (χ3n) is 2.33. The Morgan fingerprint density at radius 1 is 1.16 bits per heavy atom. The van der Waals surface area contributed by atoms with Gasteiger partial charge in [-0.1, -0.05) is 29.3 Å². The van der Waals surface area contributed by atoms with Gasteiger partial charge in [0.15, 0.2) is 5.82 Å². The van der Waals surface area contributed by atoms with E-state index in [9.17, 15) is 9.18 Å². The molecule has 0 aliphatic heterocycles. The maximum atomic E-state index is 13.2. The Hall–Kier alpha value is -0.850. The first-order chi connectivity index (χ1) is 8.97. The highest BCUT2D eigenvalue weighted by atomic mass is 127. The van der Waals surface area contributed by atoms with E-state index in [1.807, 2.05) is 6.07 Å². The van der Waals surface area contributed by atoms with Crippen molar-refractivity contribution in [3.05, 3.63) is 61.4 Å². The molecule has 0 bridgehead atoms. The number of nitrogens with one attached hydrogen (secondary N) is 1. The highest BCUT2D eigenvalue weighted by molar-refractivity contribution is 14.1. The number of rotatable bonds is 2. The van der Waals surface area contributed by atoms with E-state index in [2.05, 4.69) is 27.9 Å². The van der Waals surface area contributed by atoms with Gasteiger partial charge in [0, 0.05) is 14.8 Å². The number of benzene rings is 2. The predicted molar refractivity (Wildman–Crippen MR) is 83.5 cm³/mol. The minimum absolute atomic E-state index is 0.134. The monoisotopic (exact) mass is 409 g/mol. The van der Waals surface area contributed by atoms with Crippen LogP contribution < -0.4 is 5.32 Å². The molecule has 0 atom stereocenters. The molecule has 2 nitrogen and oxygen atoms in total. The van der Waals surface area contributed by atoms with E-state index in [0.29, 0.717) is 11.3 Å². The smallest absolute Gasteiger partial charge is 0.255 e. The molecule has 0 radical (unpaired) electrons. The number of carbonyl (C=O) groups is 1. The van der Waals surface area contributed by atoms with Crippen molar-refractivity contribution in [3.8, 4) is 0 Å². The summed E-state index contributed by atoms with van der Waals surface area (Å²) in [5, 5.41) is 2.35. The van der Waals surface area contributed by atoms with E-state index in [0.717, 1.165) is 3.57 Å². The Morgan fingerprint density at radius 2 is 1.79 bits per heavy atom. The van der Waals surface area contributed by atoms with E-state index >= 15 is 0 Å². The molecule has 0 aromatic heterocycles. The van der Waals surface area contributed by atoms with Gasteiger partial charge in [0.25, 0.3) is 5.91 Å². The maximum Gasteiger partial charge on any atom is 0.255 e. The van der Waals surface area contributed by atoms with Gasteiger partial charge in [-0.05, 0) is 52.9 Å². The molecular formula is C13H7Cl2FINO. The summed E-state index contributed by atoms with van der Waals surface area (Å²) in [6.45, 7) is 0. The van der Waals surface area contributed by atoms with Gasteiger partial charge in [-0.2, -0.15) is 0 Å². The molecule has 0 unspecified atom stereocenters. The lowest BCUT2D eigenvalue weighted by Gasteiger charge is -2.07. The summed E-state index contributed by atoms with van der Waals surface area (Å²) in [5.41, 5.74) is 0.851. The second kappa shape index (κ2) is 6.07. The molecule has 0 saturated heterocycles. The molecule has 0 fully saturated rings. The molecule has 2 aromatic carbocycles. The number of amides is 1. The SMILES string of the molecule is O=C(Nc1cc(Cl)c(F)c(Cl)c1)c1cccc(I)c1. The Bertz CT molecular complexity index is 625. The normalized spacial score (nSPS) is 10.3. The Kier molecular flexibility index (Phi) is 4.65. The molecule has 6 heteroatoms. The van der Waals surface area contributed by atoms with Crippen molar-refractivity contribution in [2.45, 2.75) is 0 Å². The van der Waals surface area contributed by atoms with E-state index < -0.39 is 5.82 Å². The number of hydrogen-bond donors (Lipinski definition) is 1. The maximum absolute atomic E-state index is 13.2. The lowest BCUT2D eigenvalue weighted by molar-refractivity contribution is 0.102. The first-order valence-electron chi connectivity index (χ1n) is 5.19. The quantitative estimate of drug-likeness (QED) is 0.549. The van der Waals surface area contributed by atoms with E-state index in [4.69, 9.17) is 23.2 Å². The summed E-state index contributed by atoms with van der Waals surface area (Å²) >= 11 is 13.4. The number of anilines is 1. The van der Waals surface area contributed by atoms with Crippen LogP contribution in [0, 0.1) is 9.39 Å². The first kappa shape index (κ1) is 14.6. The van der Waals surface area contributed by atoms with Crippen LogP contribution in [0.25, 0.3) is 0 Å². The Morgan fingerprint density at radius 3 is 2.37 bits per heavy atom. The Labute approximate surface area is 133 Å². The average Bonchev–Trinajstić information content (AvgIpc) is 2.36. The van der Waals surface area contributed by atoms with Crippen LogP contribution in [-0.4, -0.2) is 5.91 Å². The zero-order chi connectivity index (χ0) is 14.0. The number of carbonyl (C=O) groups excluding carboxylic acids is 1. The Balaban J connectivity index is 2.24. The van der Waals surface area contributed by atoms with Crippen molar-refractivity contribution >= 4 is 57.4 Å². The summed E-state index contributed by atoms with van der Waals surface area (Å²) in [6.07, 6.45) is 0. The predicted octanol–water partition coefficient (Wildman–Crippen LogP) is 4.99. The van der Waals surface area contributed by atoms with Crippen LogP contribution in [0.2, 0.25) is 10.0 Å². The highest BCUT2D eigenvalue weighted by Crippen LogP contribution is 2.27. The summed E-state index contributed by atoms with van der Waals surface area (Å²) in [4.78, 5) is 12.0. The zero-order valence-electron chi connectivity index (χ0n) is 9.38. The summed E-state index contributed by atoms with van der Waals surface area (Å²) in [7, 11) is 0. The fourth-order valence-electron chi connectivity index (χ4n) is 1.46. The van der Waals surface area contributed by atoms with E-state index in [1.165, 1.54) is 12.1 Å². The standard InChI is InChI=1S/C13H7Cl2FINO/c14-10-5-9(6-11(15)12(10)16)18-13(19)7-2-1-3-8(17)4-7/h1-6H,(H,18,19). The second-order valence-corrected chi connectivity index (χ2v) is 5.78. The average molecular weight is 410 g/mol. The second-order valence-electron chi connectivity index (χ2n) is 3.72. The lowest BCUT2D eigenvalue weighted by Crippen LogP contribution is -2.12. The molecule has 98 valence electrons. The van der Waals surface area contributed by atoms with Gasteiger partial charge >= 0.3 is 0 Å². The summed E-state index contributed by atoms with van der Waals surface area (Å²) in [6, 6.07) is 9.71. The topological polar surface area (TPSA) is 29.1 Å². The van der Waals surface area contributed by atoms with E-state index in [1.54, 1.807) is 18.2 Å². The van der Waals surface area contributed by atoms with Crippen LogP contribution in [0.3, 0.4) is 0 Å². The van der Waals surface area contributed by atoms with Crippen molar-refractivity contribution in [1.82, 2.24) is 0 Å². The molecule has 0 aliphatic carbocycles. The fourth-order valence-corrected chi connectivity index (χ4v) is 2.49. The van der Waals surface area contributed by atoms with Gasteiger partial charge in [0.2, 0.25) is 0 Å². The summed E-state index contributed by atoms with van der Waals surface area (Å²) < 4.78 is 14.2. The van der Waals surface area contributed by atoms with Crippen molar-refractivity contribution in [2.24, 2.45) is 0 Å². The van der Waals surface area contributed by atoms with Crippen LogP contribution in [0.1, 0.15) is 10.4 Å². The fraction of sp³-hybridized carbons (Fsp3) is 0. The van der Waals surface area contributed by atoms with Gasteiger partial charge < -0.3 is 5.32 Å². The van der Waals surface area contributed by atoms with Crippen molar-refractivity contribution in [1.29, 1.82) is 0 Å². The molecule has 0 heterocycles. The van der Waals surface area contributed by atoms with Gasteiger partial charge in [0.1, 0.15) is 0 Å². The van der Waals surface area contributed by atoms with Crippen molar-refractivity contribution < 1.29 is 9.18 Å². The highest BCUT2D eigenvalue weighted by Gasteiger charge is 2.11. The number of halogens is 4. The first-order valence-corrected chi connectivity index (χ1v) is 7.02. The van der Waals surface area contributed by atoms with Gasteiger partial charge in [-0.3, -0.25) is 4.79 Å². The summed E-state index contributed by atoms with van der Waals surface area (Å²) in [5.74, 6) is -1.01. The molecule has 19 heavy (non-hydrogen) atoms. The van der Waals surface area contributed by atoms with Crippen LogP contribution in [0.4, 0.5) is 10.1 Å². The number of hydrogen-bond acceptors (Lipinski definition) is 1. The molecule has 0 saturated carbocycles. The van der Waals surface area contributed by atoms with Crippen molar-refractivity contribution in [2.75, 3.05) is 5.32 Å². The van der Waals surface area contributed by atoms with Crippen LogP contribution in [-0.2, 0) is 0 Å². The minimum Gasteiger partial charge on any atom is -0.322 e. The van der Waals surface area contributed by atoms with E-state index in [-0.39, 0.29) is 16.0 Å². The molecular weight excluding hydrogens is 403 g/mol. The lowest BCUT2D eigenvalue weighted by atomic mass is 10.2.